The zero-order valence-electron chi connectivity index (χ0n) is 23.3. The summed E-state index contributed by atoms with van der Waals surface area (Å²) in [5.41, 5.74) is 1.20. The lowest BCUT2D eigenvalue weighted by molar-refractivity contribution is -0.384. The number of nitrogens with zero attached hydrogens (tertiary/aromatic N) is 3. The minimum absolute atomic E-state index is 0.0431. The van der Waals surface area contributed by atoms with Crippen LogP contribution in [0.1, 0.15) is 50.0 Å². The first-order valence-corrected chi connectivity index (χ1v) is 13.6. The van der Waals surface area contributed by atoms with E-state index in [2.05, 4.69) is 0 Å². The maximum Gasteiger partial charge on any atom is 0.343 e. The van der Waals surface area contributed by atoms with Crippen LogP contribution in [0.2, 0.25) is 0 Å². The van der Waals surface area contributed by atoms with E-state index >= 15 is 0 Å². The molecule has 0 radical (unpaired) electrons. The van der Waals surface area contributed by atoms with Gasteiger partial charge in [0.25, 0.3) is 23.4 Å². The molecule has 0 aromatic heterocycles. The number of carbonyl (C=O) groups excluding carboxylic acids is 5. The molecule has 218 valence electrons. The fourth-order valence-corrected chi connectivity index (χ4v) is 5.27. The summed E-state index contributed by atoms with van der Waals surface area (Å²) in [6.45, 7) is 3.05. The molecule has 43 heavy (non-hydrogen) atoms. The standard InChI is InChI=1S/C32H27N3O8/c1-19-6-8-23(9-7-19)32(40)43-25-16-12-21(13-17-25)27(36)18-33(29(37)22-10-14-24(15-11-22)35(41)42)34-30(38)26-5-3-4-20(2)28(26)31(34)39/h3-4,6-17,20,26,28H,5,18H2,1-2H3/t20-,26-,28+/m1/s1. The number of nitro benzene ring substituents is 1. The van der Waals surface area contributed by atoms with Gasteiger partial charge in [-0.05, 0) is 67.8 Å². The Kier molecular flexibility index (Phi) is 7.98. The Morgan fingerprint density at radius 2 is 1.51 bits per heavy atom. The number of ether oxygens (including phenoxy) is 1. The number of amides is 3. The number of non-ortho nitro benzene ring substituents is 1. The predicted octanol–water partition coefficient (Wildman–Crippen LogP) is 4.56. The van der Waals surface area contributed by atoms with Crippen LogP contribution in [0.3, 0.4) is 0 Å². The number of hydrazine groups is 1. The molecule has 1 fully saturated rings. The molecule has 0 saturated carbocycles. The second kappa shape index (κ2) is 11.8. The van der Waals surface area contributed by atoms with Gasteiger partial charge >= 0.3 is 5.97 Å². The number of aryl methyl sites for hydroxylation is 1. The molecular weight excluding hydrogens is 554 g/mol. The second-order valence-corrected chi connectivity index (χ2v) is 10.5. The van der Waals surface area contributed by atoms with E-state index in [4.69, 9.17) is 4.74 Å². The smallest absolute Gasteiger partial charge is 0.343 e. The fourth-order valence-electron chi connectivity index (χ4n) is 5.27. The molecule has 3 aromatic carbocycles. The Morgan fingerprint density at radius 3 is 2.12 bits per heavy atom. The first kappa shape index (κ1) is 29.1. The molecule has 1 saturated heterocycles. The number of fused-ring (bicyclic) bond motifs is 1. The van der Waals surface area contributed by atoms with E-state index in [0.717, 1.165) is 27.7 Å². The molecule has 0 N–H and O–H groups in total. The van der Waals surface area contributed by atoms with Crippen molar-refractivity contribution in [2.24, 2.45) is 17.8 Å². The summed E-state index contributed by atoms with van der Waals surface area (Å²) in [7, 11) is 0. The second-order valence-electron chi connectivity index (χ2n) is 10.5. The van der Waals surface area contributed by atoms with Crippen LogP contribution in [0.25, 0.3) is 0 Å². The van der Waals surface area contributed by atoms with Crippen LogP contribution in [-0.2, 0) is 9.59 Å². The normalized spacial score (nSPS) is 19.1. The van der Waals surface area contributed by atoms with Gasteiger partial charge in [-0.2, -0.15) is 5.01 Å². The molecule has 0 unspecified atom stereocenters. The van der Waals surface area contributed by atoms with Crippen LogP contribution in [0.4, 0.5) is 5.69 Å². The van der Waals surface area contributed by atoms with Gasteiger partial charge in [-0.25, -0.2) is 9.80 Å². The van der Waals surface area contributed by atoms with Crippen molar-refractivity contribution >= 4 is 35.2 Å². The van der Waals surface area contributed by atoms with E-state index in [0.29, 0.717) is 12.0 Å². The number of esters is 1. The predicted molar refractivity (Wildman–Crippen MR) is 153 cm³/mol. The van der Waals surface area contributed by atoms with E-state index in [1.54, 1.807) is 24.3 Å². The van der Waals surface area contributed by atoms with Crippen molar-refractivity contribution in [2.45, 2.75) is 20.3 Å². The number of nitro groups is 1. The maximum atomic E-state index is 13.7. The van der Waals surface area contributed by atoms with E-state index in [9.17, 15) is 34.1 Å². The van der Waals surface area contributed by atoms with Crippen molar-refractivity contribution in [3.8, 4) is 5.75 Å². The van der Waals surface area contributed by atoms with Gasteiger partial charge in [0, 0.05) is 23.3 Å². The Bertz CT molecular complexity index is 1650. The number of benzene rings is 3. The van der Waals surface area contributed by atoms with Crippen molar-refractivity contribution in [1.29, 1.82) is 0 Å². The number of Topliss-reactive ketones (excluding diaryl/α,β-unsaturated/α-hetero) is 1. The third kappa shape index (κ3) is 5.82. The molecular formula is C32H27N3O8. The van der Waals surface area contributed by atoms with Crippen molar-refractivity contribution < 1.29 is 33.6 Å². The van der Waals surface area contributed by atoms with Crippen LogP contribution in [0, 0.1) is 34.8 Å². The van der Waals surface area contributed by atoms with Crippen LogP contribution in [0.5, 0.6) is 5.75 Å². The average molecular weight is 582 g/mol. The zero-order chi connectivity index (χ0) is 30.8. The van der Waals surface area contributed by atoms with Gasteiger partial charge in [0.05, 0.1) is 22.3 Å². The molecule has 11 heteroatoms. The summed E-state index contributed by atoms with van der Waals surface area (Å²) in [5, 5.41) is 12.6. The highest BCUT2D eigenvalue weighted by Gasteiger charge is 2.53. The molecule has 3 amide bonds. The Labute approximate surface area is 246 Å². The van der Waals surface area contributed by atoms with Crippen LogP contribution >= 0.6 is 0 Å². The van der Waals surface area contributed by atoms with Gasteiger partial charge in [-0.15, -0.1) is 0 Å². The lowest BCUT2D eigenvalue weighted by Crippen LogP contribution is -2.52. The third-order valence-electron chi connectivity index (χ3n) is 7.62. The first-order valence-electron chi connectivity index (χ1n) is 13.6. The molecule has 2 aliphatic rings. The van der Waals surface area contributed by atoms with Gasteiger partial charge in [0.15, 0.2) is 5.78 Å². The monoisotopic (exact) mass is 581 g/mol. The number of ketones is 1. The summed E-state index contributed by atoms with van der Waals surface area (Å²) >= 11 is 0. The molecule has 11 nitrogen and oxygen atoms in total. The van der Waals surface area contributed by atoms with Crippen molar-refractivity contribution in [1.82, 2.24) is 10.0 Å². The van der Waals surface area contributed by atoms with Crippen molar-refractivity contribution in [3.05, 3.63) is 117 Å². The number of hydrogen-bond acceptors (Lipinski definition) is 8. The zero-order valence-corrected chi connectivity index (χ0v) is 23.3. The Hall–Kier alpha value is -5.45. The lowest BCUT2D eigenvalue weighted by Gasteiger charge is -2.30. The van der Waals surface area contributed by atoms with Gasteiger partial charge in [-0.3, -0.25) is 29.3 Å². The van der Waals surface area contributed by atoms with Crippen LogP contribution in [0.15, 0.2) is 84.9 Å². The summed E-state index contributed by atoms with van der Waals surface area (Å²) < 4.78 is 5.39. The average Bonchev–Trinajstić information content (AvgIpc) is 3.26. The summed E-state index contributed by atoms with van der Waals surface area (Å²) in [5.74, 6) is -4.59. The molecule has 5 rings (SSSR count). The minimum Gasteiger partial charge on any atom is -0.423 e. The molecule has 0 bridgehead atoms. The van der Waals surface area contributed by atoms with E-state index in [1.807, 2.05) is 26.0 Å². The highest BCUT2D eigenvalue weighted by Crippen LogP contribution is 2.39. The minimum atomic E-state index is -0.840. The van der Waals surface area contributed by atoms with E-state index < -0.39 is 52.8 Å². The first-order chi connectivity index (χ1) is 20.5. The van der Waals surface area contributed by atoms with E-state index in [-0.39, 0.29) is 28.5 Å². The summed E-state index contributed by atoms with van der Waals surface area (Å²) in [4.78, 5) is 77.0. The summed E-state index contributed by atoms with van der Waals surface area (Å²) in [6.07, 6.45) is 3.99. The number of rotatable bonds is 8. The topological polar surface area (TPSA) is 144 Å². The number of hydrogen-bond donors (Lipinski definition) is 0. The molecule has 3 atom stereocenters. The van der Waals surface area contributed by atoms with Crippen LogP contribution < -0.4 is 4.74 Å². The quantitative estimate of drug-likeness (QED) is 0.0716. The number of imide groups is 1. The van der Waals surface area contributed by atoms with Gasteiger partial charge in [0.1, 0.15) is 12.3 Å². The number of allylic oxidation sites excluding steroid dienone is 2. The number of carbonyl (C=O) groups is 5. The van der Waals surface area contributed by atoms with Crippen molar-refractivity contribution in [2.75, 3.05) is 6.54 Å². The molecule has 0 spiro atoms. The Morgan fingerprint density at radius 1 is 0.907 bits per heavy atom. The summed E-state index contributed by atoms with van der Waals surface area (Å²) in [6, 6.07) is 17.2. The fraction of sp³-hybridized carbons (Fsp3) is 0.219. The Balaban J connectivity index is 1.39. The lowest BCUT2D eigenvalue weighted by atomic mass is 9.78. The van der Waals surface area contributed by atoms with Gasteiger partial charge in [0.2, 0.25) is 0 Å². The van der Waals surface area contributed by atoms with E-state index in [1.165, 1.54) is 36.4 Å². The van der Waals surface area contributed by atoms with Crippen LogP contribution in [-0.4, -0.2) is 51.0 Å². The molecule has 3 aromatic rings. The third-order valence-corrected chi connectivity index (χ3v) is 7.62. The maximum absolute atomic E-state index is 13.7. The molecule has 1 aliphatic carbocycles. The SMILES string of the molecule is Cc1ccc(C(=O)Oc2ccc(C(=O)CN(C(=O)c3ccc([N+](=O)[O-])cc3)N3C(=O)[C@H]4[C@H](C)C=CC[C@H]4C3=O)cc2)cc1. The van der Waals surface area contributed by atoms with Gasteiger partial charge in [-0.1, -0.05) is 36.8 Å². The highest BCUT2D eigenvalue weighted by atomic mass is 16.6. The largest absolute Gasteiger partial charge is 0.423 e. The molecule has 1 aliphatic heterocycles. The highest BCUT2D eigenvalue weighted by molar-refractivity contribution is 6.10. The van der Waals surface area contributed by atoms with Crippen molar-refractivity contribution in [3.63, 3.8) is 0 Å². The molecule has 1 heterocycles. The van der Waals surface area contributed by atoms with Gasteiger partial charge < -0.3 is 4.74 Å².